The molecular weight excluding hydrogens is 234 g/mol. The molecule has 1 rings (SSSR count). The number of carbonyl (C=O) groups is 1. The molecule has 0 radical (unpaired) electrons. The summed E-state index contributed by atoms with van der Waals surface area (Å²) in [6, 6.07) is -1.21. The van der Waals surface area contributed by atoms with Crippen LogP contribution in [0.15, 0.2) is 14.5 Å². The summed E-state index contributed by atoms with van der Waals surface area (Å²) < 4.78 is -0.995. The van der Waals surface area contributed by atoms with Crippen LogP contribution in [-0.4, -0.2) is 27.0 Å². The van der Waals surface area contributed by atoms with Crippen molar-refractivity contribution in [2.24, 2.45) is 5.73 Å². The fraction of sp³-hybridized carbons (Fsp3) is 0.444. The minimum atomic E-state index is -1.21. The second-order valence-corrected chi connectivity index (χ2v) is 5.52. The molecule has 0 aliphatic carbocycles. The van der Waals surface area contributed by atoms with Crippen molar-refractivity contribution < 1.29 is 15.0 Å². The number of aromatic hydroxyl groups is 1. The van der Waals surface area contributed by atoms with Crippen molar-refractivity contribution in [1.82, 2.24) is 0 Å². The van der Waals surface area contributed by atoms with E-state index in [0.717, 1.165) is 11.8 Å². The van der Waals surface area contributed by atoms with Crippen molar-refractivity contribution in [3.8, 4) is 5.75 Å². The zero-order chi connectivity index (χ0) is 12.7. The number of carboxylic acid groups (broad SMARTS) is 1. The fourth-order valence-electron chi connectivity index (χ4n) is 1.08. The van der Waals surface area contributed by atoms with Crippen LogP contribution in [0.3, 0.4) is 0 Å². The lowest BCUT2D eigenvalue weighted by Crippen LogP contribution is -2.47. The Hall–Kier alpha value is -1.34. The molecule has 6 nitrogen and oxygen atoms in total. The van der Waals surface area contributed by atoms with Gasteiger partial charge in [0.2, 0.25) is 5.43 Å². The second-order valence-electron chi connectivity index (χ2n) is 3.86. The Balaban J connectivity index is 2.95. The van der Waals surface area contributed by atoms with Crippen LogP contribution >= 0.6 is 11.8 Å². The minimum Gasteiger partial charge on any atom is -0.503 e. The van der Waals surface area contributed by atoms with Gasteiger partial charge in [0.1, 0.15) is 10.9 Å². The molecule has 16 heavy (non-hydrogen) atoms. The quantitative estimate of drug-likeness (QED) is 0.472. The number of hydrogen-bond donors (Lipinski definition) is 3. The van der Waals surface area contributed by atoms with E-state index in [2.05, 4.69) is 0 Å². The maximum Gasteiger partial charge on any atom is 0.321 e. The van der Waals surface area contributed by atoms with Crippen molar-refractivity contribution in [2.45, 2.75) is 29.5 Å². The minimum absolute atomic E-state index is 0.119. The first-order chi connectivity index (χ1) is 7.18. The molecule has 0 unspecified atom stereocenters. The smallest absolute Gasteiger partial charge is 0.321 e. The summed E-state index contributed by atoms with van der Waals surface area (Å²) in [5.74, 6) is -1.82. The molecule has 0 aliphatic heterocycles. The summed E-state index contributed by atoms with van der Waals surface area (Å²) >= 11 is 0.798. The lowest BCUT2D eigenvalue weighted by molar-refractivity contribution is -0.139. The van der Waals surface area contributed by atoms with Gasteiger partial charge in [0.25, 0.3) is 5.43 Å². The third-order valence-corrected chi connectivity index (χ3v) is 3.59. The average Bonchev–Trinajstić information content (AvgIpc) is 2.23. The van der Waals surface area contributed by atoms with Crippen LogP contribution in [0.1, 0.15) is 13.8 Å². The Morgan fingerprint density at radius 1 is 1.38 bits per heavy atom. The maximum atomic E-state index is 11.1. The van der Waals surface area contributed by atoms with Crippen LogP contribution in [-0.2, 0) is 4.79 Å². The number of carboxylic acids is 1. The van der Waals surface area contributed by atoms with Crippen molar-refractivity contribution in [3.63, 3.8) is 0 Å². The van der Waals surface area contributed by atoms with E-state index in [9.17, 15) is 14.4 Å². The van der Waals surface area contributed by atoms with Gasteiger partial charge in [-0.15, -0.1) is 11.8 Å². The molecule has 0 aliphatic rings. The van der Waals surface area contributed by atoms with Crippen molar-refractivity contribution >= 4 is 17.7 Å². The average molecular weight is 245 g/mol. The van der Waals surface area contributed by atoms with E-state index in [-0.39, 0.29) is 4.90 Å². The van der Waals surface area contributed by atoms with Gasteiger partial charge in [-0.05, 0) is 13.8 Å². The Labute approximate surface area is 94.8 Å². The molecule has 7 heteroatoms. The standard InChI is InChI=1S/C9H11NO5S/c1-9(2,7(10)8(14)15)16-6-4(12)3(11)5(6)13/h7,12H,10H2,1-2H3,(H,14,15)/t7-/m0/s1. The second kappa shape index (κ2) is 3.91. The molecule has 0 fully saturated rings. The highest BCUT2D eigenvalue weighted by Crippen LogP contribution is 2.36. The third kappa shape index (κ3) is 1.96. The van der Waals surface area contributed by atoms with Crippen molar-refractivity contribution in [1.29, 1.82) is 0 Å². The summed E-state index contributed by atoms with van der Waals surface area (Å²) in [4.78, 5) is 32.4. The predicted molar refractivity (Wildman–Crippen MR) is 58.6 cm³/mol. The molecule has 0 aromatic heterocycles. The Morgan fingerprint density at radius 2 is 1.88 bits per heavy atom. The first-order valence-electron chi connectivity index (χ1n) is 4.38. The van der Waals surface area contributed by atoms with E-state index in [1.54, 1.807) is 0 Å². The molecule has 0 heterocycles. The Kier molecular flexibility index (Phi) is 3.11. The zero-order valence-electron chi connectivity index (χ0n) is 8.68. The largest absolute Gasteiger partial charge is 0.503 e. The molecule has 4 N–H and O–H groups in total. The maximum absolute atomic E-state index is 11.1. The van der Waals surface area contributed by atoms with Gasteiger partial charge in [-0.1, -0.05) is 0 Å². The molecule has 0 saturated heterocycles. The number of aliphatic carboxylic acids is 1. The molecule has 0 saturated carbocycles. The van der Waals surface area contributed by atoms with E-state index in [1.807, 2.05) is 0 Å². The monoisotopic (exact) mass is 245 g/mol. The van der Waals surface area contributed by atoms with E-state index < -0.39 is 33.4 Å². The van der Waals surface area contributed by atoms with E-state index in [1.165, 1.54) is 13.8 Å². The summed E-state index contributed by atoms with van der Waals surface area (Å²) in [5, 5.41) is 17.9. The highest BCUT2D eigenvalue weighted by molar-refractivity contribution is 8.00. The molecule has 0 spiro atoms. The fourth-order valence-corrected chi connectivity index (χ4v) is 2.21. The molecule has 1 aromatic carbocycles. The summed E-state index contributed by atoms with van der Waals surface area (Å²) in [6.45, 7) is 3.04. The van der Waals surface area contributed by atoms with Gasteiger partial charge in [0, 0.05) is 4.75 Å². The first-order valence-corrected chi connectivity index (χ1v) is 5.20. The third-order valence-electron chi connectivity index (χ3n) is 2.22. The van der Waals surface area contributed by atoms with Gasteiger partial charge in [-0.25, -0.2) is 0 Å². The van der Waals surface area contributed by atoms with Gasteiger partial charge in [-0.2, -0.15) is 0 Å². The molecule has 0 amide bonds. The van der Waals surface area contributed by atoms with Crippen molar-refractivity contribution in [3.05, 3.63) is 20.4 Å². The van der Waals surface area contributed by atoms with Gasteiger partial charge in [0.05, 0.1) is 0 Å². The van der Waals surface area contributed by atoms with E-state index in [4.69, 9.17) is 15.9 Å². The highest BCUT2D eigenvalue weighted by Gasteiger charge is 2.36. The number of nitrogens with two attached hydrogens (primary N) is 1. The van der Waals surface area contributed by atoms with Gasteiger partial charge >= 0.3 is 5.97 Å². The van der Waals surface area contributed by atoms with Crippen LogP contribution < -0.4 is 16.6 Å². The molecule has 0 bridgehead atoms. The first kappa shape index (κ1) is 12.7. The summed E-state index contributed by atoms with van der Waals surface area (Å²) in [5.41, 5.74) is 3.69. The van der Waals surface area contributed by atoms with Crippen LogP contribution in [0.25, 0.3) is 0 Å². The number of thioether (sulfide) groups is 1. The highest BCUT2D eigenvalue weighted by atomic mass is 32.2. The molecular formula is C9H11NO5S. The summed E-state index contributed by atoms with van der Waals surface area (Å²) in [7, 11) is 0. The molecule has 88 valence electrons. The van der Waals surface area contributed by atoms with Crippen LogP contribution in [0, 0.1) is 0 Å². The number of hydrogen-bond acceptors (Lipinski definition) is 6. The lowest BCUT2D eigenvalue weighted by Gasteiger charge is -2.28. The SMILES string of the molecule is CC(C)(Sc1c(O)c(=O)c1=O)[C@@H](N)C(=O)O. The topological polar surface area (TPSA) is 118 Å². The molecule has 1 atom stereocenters. The Morgan fingerprint density at radius 3 is 2.25 bits per heavy atom. The van der Waals surface area contributed by atoms with Gasteiger partial charge in [-0.3, -0.25) is 14.4 Å². The number of rotatable bonds is 4. The Bertz CT molecular complexity index is 500. The van der Waals surface area contributed by atoms with Crippen LogP contribution in [0.4, 0.5) is 0 Å². The van der Waals surface area contributed by atoms with Crippen LogP contribution in [0.2, 0.25) is 0 Å². The normalized spacial score (nSPS) is 13.9. The lowest BCUT2D eigenvalue weighted by atomic mass is 10.1. The van der Waals surface area contributed by atoms with Gasteiger partial charge < -0.3 is 15.9 Å². The zero-order valence-corrected chi connectivity index (χ0v) is 9.50. The predicted octanol–water partition coefficient (Wildman–Crippen LogP) is -0.729. The van der Waals surface area contributed by atoms with E-state index in [0.29, 0.717) is 0 Å². The van der Waals surface area contributed by atoms with Crippen molar-refractivity contribution in [2.75, 3.05) is 0 Å². The van der Waals surface area contributed by atoms with E-state index >= 15 is 0 Å². The van der Waals surface area contributed by atoms with Crippen LogP contribution in [0.5, 0.6) is 5.75 Å². The summed E-state index contributed by atoms with van der Waals surface area (Å²) in [6.07, 6.45) is 0. The molecule has 1 aromatic rings. The van der Waals surface area contributed by atoms with Gasteiger partial charge in [0.15, 0.2) is 5.75 Å².